The molecule has 0 saturated heterocycles. The summed E-state index contributed by atoms with van der Waals surface area (Å²) in [6.07, 6.45) is 5.50. The van der Waals surface area contributed by atoms with Crippen LogP contribution in [0.15, 0.2) is 67.1 Å². The van der Waals surface area contributed by atoms with E-state index in [2.05, 4.69) is 32.2 Å². The molecule has 0 bridgehead atoms. The molecule has 0 aliphatic heterocycles. The molecule has 1 atom stereocenters. The maximum absolute atomic E-state index is 13.4. The summed E-state index contributed by atoms with van der Waals surface area (Å²) in [4.78, 5) is 20.0. The lowest BCUT2D eigenvalue weighted by molar-refractivity contribution is -0.138. The van der Waals surface area contributed by atoms with Crippen molar-refractivity contribution in [2.45, 2.75) is 25.6 Å². The topological polar surface area (TPSA) is 85.4 Å². The molecule has 0 aliphatic rings. The van der Waals surface area contributed by atoms with Gasteiger partial charge in [0.25, 0.3) is 0 Å². The number of nitrogens with zero attached hydrogens (tertiary/aromatic N) is 4. The van der Waals surface area contributed by atoms with Gasteiger partial charge in [-0.25, -0.2) is 4.39 Å². The zero-order valence-corrected chi connectivity index (χ0v) is 19.3. The Morgan fingerprint density at radius 1 is 1.00 bits per heavy atom. The van der Waals surface area contributed by atoms with Crippen LogP contribution in [-0.2, 0) is 17.9 Å². The molecule has 1 unspecified atom stereocenters. The number of pyridine rings is 1. The second-order valence-electron chi connectivity index (χ2n) is 8.77. The first-order chi connectivity index (χ1) is 16.4. The summed E-state index contributed by atoms with van der Waals surface area (Å²) < 4.78 is 13.4. The molecule has 2 aromatic carbocycles. The molecule has 8 heteroatoms. The number of benzene rings is 2. The molecule has 2 N–H and O–H groups in total. The third-order valence-corrected chi connectivity index (χ3v) is 5.90. The van der Waals surface area contributed by atoms with E-state index in [1.807, 2.05) is 43.5 Å². The molecular formula is C26H28FN5O2. The van der Waals surface area contributed by atoms with E-state index in [9.17, 15) is 14.3 Å². The predicted molar refractivity (Wildman–Crippen MR) is 130 cm³/mol. The van der Waals surface area contributed by atoms with Crippen molar-refractivity contribution < 1.29 is 14.3 Å². The predicted octanol–water partition coefficient (Wildman–Crippen LogP) is 4.17. The number of carbonyl (C=O) groups is 1. The second-order valence-corrected chi connectivity index (χ2v) is 8.77. The third-order valence-electron chi connectivity index (χ3n) is 5.90. The zero-order chi connectivity index (χ0) is 24.1. The average molecular weight is 462 g/mol. The summed E-state index contributed by atoms with van der Waals surface area (Å²) in [5.41, 5.74) is 5.00. The number of nitrogens with one attached hydrogen (secondary N) is 1. The number of hydrogen-bond acceptors (Lipinski definition) is 5. The van der Waals surface area contributed by atoms with Gasteiger partial charge in [-0.05, 0) is 61.1 Å². The number of halogens is 1. The lowest BCUT2D eigenvalue weighted by Crippen LogP contribution is -2.41. The Hall–Kier alpha value is -3.62. The number of aromatic amines is 1. The van der Waals surface area contributed by atoms with Gasteiger partial charge in [0.2, 0.25) is 0 Å². The van der Waals surface area contributed by atoms with E-state index in [1.165, 1.54) is 12.1 Å². The summed E-state index contributed by atoms with van der Waals surface area (Å²) >= 11 is 0. The summed E-state index contributed by atoms with van der Waals surface area (Å²) in [5.74, 6) is -1.11. The van der Waals surface area contributed by atoms with Crippen molar-refractivity contribution in [2.24, 2.45) is 0 Å². The molecule has 0 fully saturated rings. The van der Waals surface area contributed by atoms with Crippen LogP contribution >= 0.6 is 0 Å². The van der Waals surface area contributed by atoms with Gasteiger partial charge in [-0.1, -0.05) is 18.2 Å². The van der Waals surface area contributed by atoms with Gasteiger partial charge in [-0.2, -0.15) is 5.10 Å². The third kappa shape index (κ3) is 6.03. The molecule has 0 radical (unpaired) electrons. The number of H-pyrrole nitrogens is 1. The standard InChI is InChI=1S/C26H28FN5O2/c1-31(2)24(11-26(33)34)17-32(15-18-3-6-23(27)7-4-18)16-19-9-21(13-28-12-19)20-5-8-25-22(10-20)14-29-30-25/h3-10,12-14,24H,11,15-17H2,1-2H3,(H,29,30)(H,33,34). The van der Waals surface area contributed by atoms with Gasteiger partial charge in [-0.3, -0.25) is 19.8 Å². The highest BCUT2D eigenvalue weighted by atomic mass is 19.1. The van der Waals surface area contributed by atoms with Crippen molar-refractivity contribution in [3.05, 3.63) is 84.1 Å². The van der Waals surface area contributed by atoms with Crippen LogP contribution < -0.4 is 0 Å². The van der Waals surface area contributed by atoms with Gasteiger partial charge in [0.05, 0.1) is 18.1 Å². The van der Waals surface area contributed by atoms with E-state index >= 15 is 0 Å². The monoisotopic (exact) mass is 461 g/mol. The van der Waals surface area contributed by atoms with Gasteiger partial charge in [0.15, 0.2) is 0 Å². The normalized spacial score (nSPS) is 12.5. The Kier molecular flexibility index (Phi) is 7.30. The van der Waals surface area contributed by atoms with Gasteiger partial charge >= 0.3 is 5.97 Å². The highest BCUT2D eigenvalue weighted by Crippen LogP contribution is 2.24. The van der Waals surface area contributed by atoms with Crippen LogP contribution in [0.4, 0.5) is 4.39 Å². The lowest BCUT2D eigenvalue weighted by Gasteiger charge is -2.30. The Labute approximate surface area is 197 Å². The van der Waals surface area contributed by atoms with Crippen LogP contribution in [0.1, 0.15) is 17.5 Å². The Balaban J connectivity index is 1.58. The number of likely N-dealkylation sites (N-methyl/N-ethyl adjacent to an activating group) is 1. The largest absolute Gasteiger partial charge is 0.481 e. The first-order valence-corrected chi connectivity index (χ1v) is 11.1. The number of fused-ring (bicyclic) bond motifs is 1. The van der Waals surface area contributed by atoms with Crippen LogP contribution in [0.5, 0.6) is 0 Å². The molecule has 34 heavy (non-hydrogen) atoms. The molecule has 176 valence electrons. The van der Waals surface area contributed by atoms with E-state index in [1.54, 1.807) is 18.3 Å². The van der Waals surface area contributed by atoms with Crippen LogP contribution in [0, 0.1) is 5.82 Å². The molecule has 4 aromatic rings. The molecule has 2 aromatic heterocycles. The Morgan fingerprint density at radius 3 is 2.50 bits per heavy atom. The summed E-state index contributed by atoms with van der Waals surface area (Å²) in [7, 11) is 3.77. The van der Waals surface area contributed by atoms with Crippen LogP contribution in [-0.4, -0.2) is 62.7 Å². The van der Waals surface area contributed by atoms with Gasteiger partial charge in [0.1, 0.15) is 5.82 Å². The number of rotatable bonds is 10. The molecule has 4 rings (SSSR count). The van der Waals surface area contributed by atoms with E-state index in [0.29, 0.717) is 19.6 Å². The van der Waals surface area contributed by atoms with Crippen molar-refractivity contribution >= 4 is 16.9 Å². The summed E-state index contributed by atoms with van der Waals surface area (Å²) in [6, 6.07) is 14.5. The fourth-order valence-electron chi connectivity index (χ4n) is 4.06. The first kappa shape index (κ1) is 23.5. The minimum absolute atomic E-state index is 0.0376. The number of carboxylic acid groups (broad SMARTS) is 1. The van der Waals surface area contributed by atoms with Crippen LogP contribution in [0.3, 0.4) is 0 Å². The Morgan fingerprint density at radius 2 is 1.76 bits per heavy atom. The molecular weight excluding hydrogens is 433 g/mol. The second kappa shape index (κ2) is 10.5. The maximum Gasteiger partial charge on any atom is 0.304 e. The minimum atomic E-state index is -0.835. The van der Waals surface area contributed by atoms with Crippen molar-refractivity contribution in [1.82, 2.24) is 25.0 Å². The lowest BCUT2D eigenvalue weighted by atomic mass is 10.0. The van der Waals surface area contributed by atoms with Gasteiger partial charge < -0.3 is 10.0 Å². The smallest absolute Gasteiger partial charge is 0.304 e. The number of aliphatic carboxylic acids is 1. The fraction of sp³-hybridized carbons (Fsp3) is 0.269. The molecule has 2 heterocycles. The van der Waals surface area contributed by atoms with E-state index < -0.39 is 5.97 Å². The van der Waals surface area contributed by atoms with E-state index in [-0.39, 0.29) is 18.3 Å². The van der Waals surface area contributed by atoms with Gasteiger partial charge in [-0.15, -0.1) is 0 Å². The maximum atomic E-state index is 13.4. The van der Waals surface area contributed by atoms with Crippen LogP contribution in [0.2, 0.25) is 0 Å². The molecule has 0 saturated carbocycles. The summed E-state index contributed by atoms with van der Waals surface area (Å²) in [6.45, 7) is 1.69. The zero-order valence-electron chi connectivity index (χ0n) is 19.3. The van der Waals surface area contributed by atoms with Gasteiger partial charge in [0, 0.05) is 49.0 Å². The van der Waals surface area contributed by atoms with Crippen molar-refractivity contribution in [1.29, 1.82) is 0 Å². The highest BCUT2D eigenvalue weighted by molar-refractivity contribution is 5.83. The molecule has 0 amide bonds. The fourth-order valence-corrected chi connectivity index (χ4v) is 4.06. The molecule has 7 nitrogen and oxygen atoms in total. The highest BCUT2D eigenvalue weighted by Gasteiger charge is 2.20. The van der Waals surface area contributed by atoms with E-state index in [0.717, 1.165) is 33.2 Å². The molecule has 0 aliphatic carbocycles. The van der Waals surface area contributed by atoms with Crippen molar-refractivity contribution in [3.8, 4) is 11.1 Å². The number of carboxylic acids is 1. The van der Waals surface area contributed by atoms with Crippen molar-refractivity contribution in [3.63, 3.8) is 0 Å². The molecule has 0 spiro atoms. The number of hydrogen-bond donors (Lipinski definition) is 2. The van der Waals surface area contributed by atoms with Crippen LogP contribution in [0.25, 0.3) is 22.0 Å². The summed E-state index contributed by atoms with van der Waals surface area (Å²) in [5, 5.41) is 17.5. The SMILES string of the molecule is CN(C)C(CC(=O)O)CN(Cc1ccc(F)cc1)Cc1cncc(-c2ccc3[nH]ncc3c2)c1. The Bertz CT molecular complexity index is 1260. The minimum Gasteiger partial charge on any atom is -0.481 e. The average Bonchev–Trinajstić information content (AvgIpc) is 3.28. The quantitative estimate of drug-likeness (QED) is 0.369. The first-order valence-electron chi connectivity index (χ1n) is 11.1. The van der Waals surface area contributed by atoms with E-state index in [4.69, 9.17) is 0 Å². The number of aromatic nitrogens is 3. The van der Waals surface area contributed by atoms with Crippen molar-refractivity contribution in [2.75, 3.05) is 20.6 Å².